The highest BCUT2D eigenvalue weighted by Crippen LogP contribution is 2.43. The highest BCUT2D eigenvalue weighted by molar-refractivity contribution is 8.76. The summed E-state index contributed by atoms with van der Waals surface area (Å²) < 4.78 is 115. The second-order valence-electron chi connectivity index (χ2n) is 32.2. The van der Waals surface area contributed by atoms with Gasteiger partial charge in [0, 0.05) is 142 Å². The Labute approximate surface area is 759 Å². The van der Waals surface area contributed by atoms with E-state index in [0.717, 1.165) is 59.1 Å². The highest BCUT2D eigenvalue weighted by atomic mass is 33.1. The summed E-state index contributed by atoms with van der Waals surface area (Å²) >= 11 is 0. The van der Waals surface area contributed by atoms with Crippen molar-refractivity contribution in [1.82, 2.24) is 35.8 Å². The third-order valence-electron chi connectivity index (χ3n) is 23.1. The van der Waals surface area contributed by atoms with Gasteiger partial charge in [-0.1, -0.05) is 114 Å². The number of hydrogen-bond donors (Lipinski definition) is 10. The van der Waals surface area contributed by atoms with Gasteiger partial charge in [0.2, 0.25) is 21.8 Å². The molecule has 4 amide bonds. The first-order valence-electron chi connectivity index (χ1n) is 43.9. The fourth-order valence-electron chi connectivity index (χ4n) is 16.3. The van der Waals surface area contributed by atoms with Crippen LogP contribution in [0.5, 0.6) is 0 Å². The zero-order valence-electron chi connectivity index (χ0n) is 73.6. The Morgan fingerprint density at radius 1 is 0.605 bits per heavy atom. The van der Waals surface area contributed by atoms with Crippen molar-refractivity contribution in [2.24, 2.45) is 11.8 Å². The standard InChI is InChI=1S/C92H117BF2N10O20S4/c1-7-102(8-2)68-36-40-73-82(56-68)125-83-57-69(103(9-3)10-4)37-41-74(83)88(73)75-42-39-72(58-84(75)129(121,122)123)128(119,120)97-48-49-126-127-59-66(90(114)115)54-80(108)76(32-23-24-46-96-47-25-30-67-34-35-70-55-79-61(5)50-62(6)104(79)93(94,95)105(67)70)99-89(113)65(51-63-26-17-15-18-27-63)53-81(109)78(52-64-28-19-16-20-29-64)98-85(110)33-22-14-12-11-13-21-31-71(107)38-43-77(91(116)117)100-92(118)101-86(124-60-106)44-45-87(111)112/h15-20,26-29,34-37,39-42,50,55-58,60,65-66,76-78,86,96-97H,7-14,21-25,30-33,38,43-49,51-54,59H2,1-6H3,(H7-,98,99,100,101,110,111,112,113,114,115,116,117,118,121,122,123)/p+1/t65-,66?,76?,77+,78+,86-/m1/s1. The smallest absolute Gasteiger partial charge is 0.481 e. The lowest BCUT2D eigenvalue weighted by atomic mass is 9.88. The Morgan fingerprint density at radius 2 is 1.21 bits per heavy atom. The maximum absolute atomic E-state index is 16.2. The van der Waals surface area contributed by atoms with Gasteiger partial charge in [-0.3, -0.25) is 42.9 Å². The minimum absolute atomic E-state index is 0.0120. The monoisotopic (exact) mass is 1860 g/mol. The van der Waals surface area contributed by atoms with Crippen molar-refractivity contribution in [1.29, 1.82) is 0 Å². The molecule has 37 heteroatoms. The molecule has 10 N–H and O–H groups in total. The van der Waals surface area contributed by atoms with Gasteiger partial charge >= 0.3 is 42.1 Å². The minimum Gasteiger partial charge on any atom is -0.481 e. The molecule has 696 valence electrons. The fourth-order valence-corrected chi connectivity index (χ4v) is 20.5. The Kier molecular flexibility index (Phi) is 39.0. The molecule has 5 aromatic carbocycles. The Morgan fingerprint density at radius 3 is 1.81 bits per heavy atom. The molecule has 30 nitrogen and oxygen atoms in total. The van der Waals surface area contributed by atoms with Gasteiger partial charge in [0.15, 0.2) is 23.5 Å². The molecule has 2 aromatic heterocycles. The molecule has 6 atom stereocenters. The number of rotatable bonds is 59. The summed E-state index contributed by atoms with van der Waals surface area (Å²) in [6, 6.07) is 29.4. The summed E-state index contributed by atoms with van der Waals surface area (Å²) in [6.07, 6.45) is 7.48. The molecule has 129 heavy (non-hydrogen) atoms. The SMILES string of the molecule is CCN(CC)c1ccc2c(-c3ccc(S(=O)(=O)NCCSSCC(CC(=O)C(CCCCNCCCC4=[N+]5C(=Cc6c(C)cc(C)n6[B-]5(F)F)C=C4)NC(=O)[C@@H](CC(=O)[C@H](Cc4ccccc4)NC(=O)CCCCCCCCC(=O)CC[C@H](NC(=O)N[C@@H](CCC(=O)O)OC=O)C(=O)O)Cc4ccccc4)C(=O)O)cc3S(=O)(=O)O)c3ccc(N(CC)CC)cc3[o+]c2c1. The first-order valence-corrected chi connectivity index (χ1v) is 49.3. The number of aliphatic carboxylic acids is 3. The number of ether oxygens (including phenoxy) is 1. The number of carbonyl (C=O) groups is 10. The van der Waals surface area contributed by atoms with Crippen molar-refractivity contribution in [3.05, 3.63) is 167 Å². The molecule has 2 aliphatic rings. The summed E-state index contributed by atoms with van der Waals surface area (Å²) in [4.78, 5) is 134. The van der Waals surface area contributed by atoms with E-state index in [9.17, 15) is 74.8 Å². The van der Waals surface area contributed by atoms with Crippen molar-refractivity contribution >= 4 is 153 Å². The first-order chi connectivity index (χ1) is 61.7. The number of aromatic nitrogens is 1. The third kappa shape index (κ3) is 29.4. The number of benzene rings is 5. The maximum atomic E-state index is 16.2. The average molecular weight is 1860 g/mol. The van der Waals surface area contributed by atoms with Crippen LogP contribution >= 0.6 is 21.6 Å². The number of carboxylic acids is 3. The van der Waals surface area contributed by atoms with Crippen LogP contribution in [0.25, 0.3) is 39.1 Å². The zero-order valence-corrected chi connectivity index (χ0v) is 76.9. The number of anilines is 2. The Hall–Kier alpha value is -10.7. The summed E-state index contributed by atoms with van der Waals surface area (Å²) in [7, 11) is -7.42. The van der Waals surface area contributed by atoms with E-state index >= 15 is 13.4 Å². The lowest BCUT2D eigenvalue weighted by Crippen LogP contribution is -2.50. The topological polar surface area (TPSA) is 427 Å². The molecular weight excluding hydrogens is 1740 g/mol. The van der Waals surface area contributed by atoms with Crippen molar-refractivity contribution in [2.75, 3.05) is 67.1 Å². The number of sulfonamides is 1. The van der Waals surface area contributed by atoms with Gasteiger partial charge in [0.05, 0.1) is 52.2 Å². The number of carbonyl (C=O) groups excluding carboxylic acids is 7. The average Bonchev–Trinajstić information content (AvgIpc) is 1.56. The van der Waals surface area contributed by atoms with Gasteiger partial charge < -0.3 is 74.0 Å². The van der Waals surface area contributed by atoms with Crippen molar-refractivity contribution in [2.45, 2.75) is 211 Å². The lowest BCUT2D eigenvalue weighted by molar-refractivity contribution is -0.362. The molecule has 7 aromatic rings. The molecule has 0 fully saturated rings. The first kappa shape index (κ1) is 102. The molecule has 4 heterocycles. The van der Waals surface area contributed by atoms with E-state index in [1.165, 1.54) is 12.1 Å². The molecule has 0 saturated carbocycles. The second-order valence-corrected chi connectivity index (χ2v) is 38.0. The van der Waals surface area contributed by atoms with E-state index in [2.05, 4.69) is 45.8 Å². The summed E-state index contributed by atoms with van der Waals surface area (Å²) in [6.45, 7) is 10.9. The van der Waals surface area contributed by atoms with E-state index < -0.39 is 133 Å². The number of aryl methyl sites for hydroxylation is 2. The number of halogens is 2. The number of fused-ring (bicyclic) bond motifs is 4. The van der Waals surface area contributed by atoms with Crippen LogP contribution in [0.15, 0.2) is 153 Å². The van der Waals surface area contributed by atoms with Gasteiger partial charge in [0.25, 0.3) is 16.6 Å². The van der Waals surface area contributed by atoms with Gasteiger partial charge in [-0.25, -0.2) is 27.1 Å². The quantitative estimate of drug-likeness (QED) is 0.00247. The Balaban J connectivity index is 0.832. The fraction of sp³-hybridized carbons (Fsp3) is 0.457. The van der Waals surface area contributed by atoms with Crippen molar-refractivity contribution in [3.63, 3.8) is 0 Å². The molecule has 9 rings (SSSR count). The Bertz CT molecular complexity index is 5400. The normalized spacial score (nSPS) is 14.3. The van der Waals surface area contributed by atoms with Crippen LogP contribution in [-0.4, -0.2) is 200 Å². The number of urea groups is 1. The maximum Gasteiger partial charge on any atom is 0.737 e. The van der Waals surface area contributed by atoms with Crippen LogP contribution in [0.1, 0.15) is 178 Å². The van der Waals surface area contributed by atoms with E-state index in [-0.39, 0.29) is 93.7 Å². The van der Waals surface area contributed by atoms with E-state index in [1.807, 2.05) is 58.9 Å². The molecular formula is C92H118BF2N10O20S4+. The van der Waals surface area contributed by atoms with Gasteiger partial charge in [-0.05, 0) is 177 Å². The van der Waals surface area contributed by atoms with Crippen LogP contribution in [0.4, 0.5) is 24.8 Å². The van der Waals surface area contributed by atoms with Crippen LogP contribution in [0.2, 0.25) is 0 Å². The number of Topliss-reactive ketones (excluding diaryl/α,β-unsaturated/α-hetero) is 3. The lowest BCUT2D eigenvalue weighted by Gasteiger charge is -2.30. The third-order valence-corrected chi connectivity index (χ3v) is 27.9. The van der Waals surface area contributed by atoms with Crippen LogP contribution in [0, 0.1) is 25.7 Å². The molecule has 0 spiro atoms. The number of ketones is 3. The van der Waals surface area contributed by atoms with E-state index in [4.69, 9.17) is 9.52 Å². The summed E-state index contributed by atoms with van der Waals surface area (Å²) in [5.41, 5.74) is 6.98. The number of allylic oxidation sites excluding steroid dienone is 2. The predicted octanol–water partition coefficient (Wildman–Crippen LogP) is 13.7. The van der Waals surface area contributed by atoms with E-state index in [0.29, 0.717) is 159 Å². The number of hydrogen-bond acceptors (Lipinski definition) is 20. The highest BCUT2D eigenvalue weighted by Gasteiger charge is 2.52. The van der Waals surface area contributed by atoms with Crippen LogP contribution < -0.4 is 41.1 Å². The molecule has 0 bridgehead atoms. The largest absolute Gasteiger partial charge is 0.737 e. The molecule has 0 aliphatic carbocycles. The number of nitrogens with zero attached hydrogens (tertiary/aromatic N) is 4. The number of carboxylic acid groups (broad SMARTS) is 3. The second kappa shape index (κ2) is 49.4. The molecule has 2 unspecified atom stereocenters. The molecule has 2 aliphatic heterocycles. The summed E-state index contributed by atoms with van der Waals surface area (Å²) in [5.74, 6) is -8.84. The van der Waals surface area contributed by atoms with Gasteiger partial charge in [-0.2, -0.15) is 8.42 Å². The minimum atomic E-state index is -5.12. The van der Waals surface area contributed by atoms with Gasteiger partial charge in [0.1, 0.15) is 22.4 Å². The number of amides is 4. The van der Waals surface area contributed by atoms with Gasteiger partial charge in [-0.15, -0.1) is 0 Å². The number of unbranched alkanes of at least 4 members (excludes halogenated alkanes) is 6. The number of nitrogens with one attached hydrogen (secondary N) is 6. The summed E-state index contributed by atoms with van der Waals surface area (Å²) in [5, 5.41) is 44.0. The van der Waals surface area contributed by atoms with E-state index in [1.54, 1.807) is 104 Å². The predicted molar refractivity (Wildman–Crippen MR) is 496 cm³/mol. The molecule has 0 saturated heterocycles. The van der Waals surface area contributed by atoms with Crippen molar-refractivity contribution < 1.29 is 107 Å². The van der Waals surface area contributed by atoms with Crippen LogP contribution in [0.3, 0.4) is 0 Å². The van der Waals surface area contributed by atoms with Crippen molar-refractivity contribution in [3.8, 4) is 11.1 Å². The van der Waals surface area contributed by atoms with Crippen LogP contribution in [-0.2, 0) is 80.9 Å². The zero-order chi connectivity index (χ0) is 93.5. The molecule has 0 radical (unpaired) electrons.